The molecule has 1 atom stereocenters. The molecule has 24 heavy (non-hydrogen) atoms. The van der Waals surface area contributed by atoms with Crippen LogP contribution in [0.25, 0.3) is 5.69 Å². The van der Waals surface area contributed by atoms with Gasteiger partial charge in [-0.25, -0.2) is 0 Å². The van der Waals surface area contributed by atoms with Crippen molar-refractivity contribution >= 4 is 29.3 Å². The largest absolute Gasteiger partial charge is 0.352 e. The number of nitrogens with one attached hydrogen (secondary N) is 1. The number of carbonyl (C=O) groups excluding carboxylic acids is 1. The fraction of sp³-hybridized carbons (Fsp3) is 0.235. The van der Waals surface area contributed by atoms with Crippen LogP contribution in [0, 0.1) is 6.92 Å². The third kappa shape index (κ3) is 4.49. The molecule has 1 heterocycles. The fourth-order valence-electron chi connectivity index (χ4n) is 1.91. The molecular formula is C17H18ClN3O2S. The molecule has 1 aromatic heterocycles. The van der Waals surface area contributed by atoms with Crippen molar-refractivity contribution in [2.45, 2.75) is 24.1 Å². The summed E-state index contributed by atoms with van der Waals surface area (Å²) in [5.74, 6) is -0.113. The Hall–Kier alpha value is -2.05. The first-order valence-electron chi connectivity index (χ1n) is 7.34. The molecule has 1 N–H and O–H groups in total. The minimum absolute atomic E-state index is 0.113. The van der Waals surface area contributed by atoms with E-state index >= 15 is 0 Å². The molecule has 0 fully saturated rings. The van der Waals surface area contributed by atoms with E-state index in [1.54, 1.807) is 31.2 Å². The van der Waals surface area contributed by atoms with Crippen molar-refractivity contribution in [1.82, 2.24) is 15.1 Å². The summed E-state index contributed by atoms with van der Waals surface area (Å²) in [5.41, 5.74) is 1.25. The summed E-state index contributed by atoms with van der Waals surface area (Å²) in [7, 11) is 0. The number of hydrogen-bond donors (Lipinski definition) is 1. The van der Waals surface area contributed by atoms with Crippen molar-refractivity contribution in [2.24, 2.45) is 0 Å². The van der Waals surface area contributed by atoms with Gasteiger partial charge in [-0.05, 0) is 37.6 Å². The lowest BCUT2D eigenvalue weighted by Crippen LogP contribution is -2.31. The van der Waals surface area contributed by atoms with Crippen molar-refractivity contribution in [3.8, 4) is 5.69 Å². The second-order valence-electron chi connectivity index (χ2n) is 5.15. The molecule has 1 amide bonds. The van der Waals surface area contributed by atoms with Gasteiger partial charge in [0.15, 0.2) is 0 Å². The smallest absolute Gasteiger partial charge is 0.271 e. The van der Waals surface area contributed by atoms with Gasteiger partial charge in [-0.15, -0.1) is 6.58 Å². The number of thioether (sulfide) groups is 1. The van der Waals surface area contributed by atoms with E-state index in [4.69, 9.17) is 11.6 Å². The number of aryl methyl sites for hydroxylation is 1. The minimum Gasteiger partial charge on any atom is -0.352 e. The number of halogens is 1. The number of aromatic nitrogens is 2. The van der Waals surface area contributed by atoms with Gasteiger partial charge in [-0.3, -0.25) is 9.59 Å². The lowest BCUT2D eigenvalue weighted by molar-refractivity contribution is -0.120. The molecule has 0 radical (unpaired) electrons. The van der Waals surface area contributed by atoms with Gasteiger partial charge in [0.05, 0.1) is 10.9 Å². The van der Waals surface area contributed by atoms with E-state index in [2.05, 4.69) is 17.0 Å². The Morgan fingerprint density at radius 2 is 2.21 bits per heavy atom. The summed E-state index contributed by atoms with van der Waals surface area (Å²) in [6.45, 7) is 7.64. The third-order valence-corrected chi connectivity index (χ3v) is 4.70. The SMILES string of the molecule is C=CCNC(=O)[C@H](C)Sc1ccc(=O)n(-c2ccc(C)c(Cl)c2)n1. The molecule has 0 spiro atoms. The summed E-state index contributed by atoms with van der Waals surface area (Å²) >= 11 is 7.40. The first-order valence-corrected chi connectivity index (χ1v) is 8.60. The maximum Gasteiger partial charge on any atom is 0.271 e. The van der Waals surface area contributed by atoms with Crippen LogP contribution in [0.2, 0.25) is 5.02 Å². The highest BCUT2D eigenvalue weighted by Crippen LogP contribution is 2.22. The third-order valence-electron chi connectivity index (χ3n) is 3.26. The quantitative estimate of drug-likeness (QED) is 0.633. The van der Waals surface area contributed by atoms with Crippen molar-refractivity contribution in [2.75, 3.05) is 6.54 Å². The molecule has 126 valence electrons. The molecule has 0 aliphatic rings. The molecule has 0 bridgehead atoms. The summed E-state index contributed by atoms with van der Waals surface area (Å²) in [6, 6.07) is 8.34. The van der Waals surface area contributed by atoms with Crippen LogP contribution in [0.3, 0.4) is 0 Å². The Kier molecular flexibility index (Phi) is 6.23. The van der Waals surface area contributed by atoms with Crippen LogP contribution >= 0.6 is 23.4 Å². The summed E-state index contributed by atoms with van der Waals surface area (Å²) in [4.78, 5) is 24.0. The molecule has 0 unspecified atom stereocenters. The summed E-state index contributed by atoms with van der Waals surface area (Å²) < 4.78 is 1.28. The van der Waals surface area contributed by atoms with E-state index in [-0.39, 0.29) is 16.7 Å². The van der Waals surface area contributed by atoms with Crippen molar-refractivity contribution in [1.29, 1.82) is 0 Å². The van der Waals surface area contributed by atoms with Crippen LogP contribution in [0.4, 0.5) is 0 Å². The van der Waals surface area contributed by atoms with Crippen molar-refractivity contribution < 1.29 is 4.79 Å². The average molecular weight is 364 g/mol. The van der Waals surface area contributed by atoms with E-state index in [0.717, 1.165) is 5.56 Å². The maximum absolute atomic E-state index is 12.1. The molecule has 0 aliphatic heterocycles. The Morgan fingerprint density at radius 1 is 1.46 bits per heavy atom. The number of amides is 1. The summed E-state index contributed by atoms with van der Waals surface area (Å²) in [6.07, 6.45) is 1.62. The van der Waals surface area contributed by atoms with Crippen molar-refractivity contribution in [3.63, 3.8) is 0 Å². The van der Waals surface area contributed by atoms with E-state index < -0.39 is 0 Å². The van der Waals surface area contributed by atoms with Crippen LogP contribution in [0.5, 0.6) is 0 Å². The summed E-state index contributed by atoms with van der Waals surface area (Å²) in [5, 5.41) is 7.86. The number of carbonyl (C=O) groups is 1. The van der Waals surface area contributed by atoms with E-state index in [1.165, 1.54) is 22.5 Å². The molecule has 0 saturated carbocycles. The minimum atomic E-state index is -0.343. The van der Waals surface area contributed by atoms with E-state index in [9.17, 15) is 9.59 Å². The maximum atomic E-state index is 12.1. The van der Waals surface area contributed by atoms with Crippen LogP contribution in [-0.2, 0) is 4.79 Å². The van der Waals surface area contributed by atoms with Gasteiger partial charge >= 0.3 is 0 Å². The lowest BCUT2D eigenvalue weighted by Gasteiger charge is -2.12. The molecule has 1 aromatic carbocycles. The molecule has 0 aliphatic carbocycles. The zero-order valence-electron chi connectivity index (χ0n) is 13.5. The van der Waals surface area contributed by atoms with Crippen molar-refractivity contribution in [3.05, 3.63) is 63.9 Å². The van der Waals surface area contributed by atoms with Gasteiger partial charge in [-0.2, -0.15) is 9.78 Å². The van der Waals surface area contributed by atoms with Crippen LogP contribution in [0.15, 0.2) is 52.8 Å². The zero-order chi connectivity index (χ0) is 17.7. The Bertz CT molecular complexity index is 820. The first kappa shape index (κ1) is 18.3. The first-order chi connectivity index (χ1) is 11.4. The standard InChI is InChI=1S/C17H18ClN3O2S/c1-4-9-19-17(23)12(3)24-15-7-8-16(22)21(20-15)13-6-5-11(2)14(18)10-13/h4-8,10,12H,1,9H2,2-3H3,(H,19,23)/t12-/m0/s1. The Balaban J connectivity index is 2.25. The van der Waals surface area contributed by atoms with Gasteiger partial charge in [0, 0.05) is 17.6 Å². The highest BCUT2D eigenvalue weighted by molar-refractivity contribution is 8.00. The highest BCUT2D eigenvalue weighted by atomic mass is 35.5. The van der Waals surface area contributed by atoms with Crippen LogP contribution < -0.4 is 10.9 Å². The normalized spacial score (nSPS) is 11.8. The molecule has 5 nitrogen and oxygen atoms in total. The number of benzene rings is 1. The Morgan fingerprint density at radius 3 is 2.88 bits per heavy atom. The molecular weight excluding hydrogens is 346 g/mol. The zero-order valence-corrected chi connectivity index (χ0v) is 15.0. The fourth-order valence-corrected chi connectivity index (χ4v) is 2.91. The lowest BCUT2D eigenvalue weighted by atomic mass is 10.2. The topological polar surface area (TPSA) is 64.0 Å². The number of hydrogen-bond acceptors (Lipinski definition) is 4. The molecule has 2 aromatic rings. The van der Waals surface area contributed by atoms with Gasteiger partial charge in [0.25, 0.3) is 5.56 Å². The monoisotopic (exact) mass is 363 g/mol. The molecule has 0 saturated heterocycles. The van der Waals surface area contributed by atoms with Crippen LogP contribution in [0.1, 0.15) is 12.5 Å². The Labute approximate surface area is 149 Å². The highest BCUT2D eigenvalue weighted by Gasteiger charge is 2.15. The van der Waals surface area contributed by atoms with E-state index in [1.807, 2.05) is 13.0 Å². The number of nitrogens with zero attached hydrogens (tertiary/aromatic N) is 2. The molecule has 2 rings (SSSR count). The van der Waals surface area contributed by atoms with Gasteiger partial charge in [0.2, 0.25) is 5.91 Å². The van der Waals surface area contributed by atoms with Gasteiger partial charge < -0.3 is 5.32 Å². The van der Waals surface area contributed by atoms with E-state index in [0.29, 0.717) is 22.3 Å². The average Bonchev–Trinajstić information content (AvgIpc) is 2.56. The predicted molar refractivity (Wildman–Crippen MR) is 98.1 cm³/mol. The molecule has 7 heteroatoms. The second-order valence-corrected chi connectivity index (χ2v) is 6.92. The van der Waals surface area contributed by atoms with Gasteiger partial charge in [-0.1, -0.05) is 35.5 Å². The number of rotatable bonds is 6. The second kappa shape index (κ2) is 8.17. The van der Waals surface area contributed by atoms with Crippen LogP contribution in [-0.4, -0.2) is 27.5 Å². The van der Waals surface area contributed by atoms with Gasteiger partial charge in [0.1, 0.15) is 5.03 Å². The predicted octanol–water partition coefficient (Wildman–Crippen LogP) is 2.98.